The highest BCUT2D eigenvalue weighted by Gasteiger charge is 2.18. The Morgan fingerprint density at radius 1 is 1.11 bits per heavy atom. The quantitative estimate of drug-likeness (QED) is 0.553. The van der Waals surface area contributed by atoms with Crippen LogP contribution in [0.25, 0.3) is 10.1 Å². The Bertz CT molecular complexity index is 998. The lowest BCUT2D eigenvalue weighted by atomic mass is 10.1. The molecule has 4 rings (SSSR count). The number of ether oxygens (including phenoxy) is 2. The number of thiophene rings is 1. The minimum atomic E-state index is 0.153. The predicted octanol–water partition coefficient (Wildman–Crippen LogP) is 5.19. The molecule has 28 heavy (non-hydrogen) atoms. The number of fused-ring (bicyclic) bond motifs is 1. The second kappa shape index (κ2) is 8.70. The Labute approximate surface area is 177 Å². The van der Waals surface area contributed by atoms with Crippen LogP contribution >= 0.6 is 34.5 Å². The van der Waals surface area contributed by atoms with Crippen LogP contribution in [0.5, 0.6) is 5.75 Å². The van der Waals surface area contributed by atoms with E-state index in [0.717, 1.165) is 27.0 Å². The maximum absolute atomic E-state index is 12.5. The molecule has 0 atom stereocenters. The molecule has 3 aromatic rings. The molecule has 1 saturated heterocycles. The molecular formula is C21H19Cl2NO3S. The van der Waals surface area contributed by atoms with Crippen molar-refractivity contribution in [2.75, 3.05) is 26.3 Å². The number of rotatable bonds is 5. The van der Waals surface area contributed by atoms with Gasteiger partial charge in [0, 0.05) is 33.4 Å². The molecule has 7 heteroatoms. The van der Waals surface area contributed by atoms with Gasteiger partial charge in [-0.1, -0.05) is 29.3 Å². The molecular weight excluding hydrogens is 417 g/mol. The lowest BCUT2D eigenvalue weighted by Crippen LogP contribution is -2.41. The highest BCUT2D eigenvalue weighted by atomic mass is 35.5. The minimum absolute atomic E-state index is 0.153. The summed E-state index contributed by atoms with van der Waals surface area (Å²) in [5, 5.41) is 4.35. The van der Waals surface area contributed by atoms with E-state index in [-0.39, 0.29) is 5.91 Å². The molecule has 146 valence electrons. The molecule has 0 spiro atoms. The second-order valence-corrected chi connectivity index (χ2v) is 8.37. The fourth-order valence-corrected chi connectivity index (χ4v) is 4.63. The molecule has 0 saturated carbocycles. The van der Waals surface area contributed by atoms with Crippen molar-refractivity contribution >= 4 is 50.5 Å². The summed E-state index contributed by atoms with van der Waals surface area (Å²) < 4.78 is 12.3. The minimum Gasteiger partial charge on any atom is -0.489 e. The van der Waals surface area contributed by atoms with Crippen LogP contribution in [0.2, 0.25) is 10.0 Å². The standard InChI is InChI=1S/C21H19Cl2NO3S/c22-16-2-1-14(19(23)10-16)12-27-17-3-4-18-15(13-28-20(18)11-17)9-21(25)24-5-7-26-8-6-24/h1-4,10-11,13H,5-9,12H2. The predicted molar refractivity (Wildman–Crippen MR) is 114 cm³/mol. The van der Waals surface area contributed by atoms with Gasteiger partial charge in [0.15, 0.2) is 0 Å². The molecule has 1 fully saturated rings. The third-order valence-electron chi connectivity index (χ3n) is 4.74. The first-order chi connectivity index (χ1) is 13.6. The van der Waals surface area contributed by atoms with E-state index in [4.69, 9.17) is 32.7 Å². The van der Waals surface area contributed by atoms with Gasteiger partial charge in [0.05, 0.1) is 19.6 Å². The highest BCUT2D eigenvalue weighted by molar-refractivity contribution is 7.17. The van der Waals surface area contributed by atoms with Crippen LogP contribution in [0.1, 0.15) is 11.1 Å². The average Bonchev–Trinajstić information content (AvgIpc) is 3.10. The smallest absolute Gasteiger partial charge is 0.227 e. The van der Waals surface area contributed by atoms with Gasteiger partial charge < -0.3 is 14.4 Å². The summed E-state index contributed by atoms with van der Waals surface area (Å²) in [6, 6.07) is 11.3. The number of morpholine rings is 1. The van der Waals surface area contributed by atoms with Crippen molar-refractivity contribution in [3.05, 3.63) is 63.0 Å². The van der Waals surface area contributed by atoms with Crippen molar-refractivity contribution < 1.29 is 14.3 Å². The third-order valence-corrected chi connectivity index (χ3v) is 6.32. The average molecular weight is 436 g/mol. The van der Waals surface area contributed by atoms with Crippen LogP contribution in [0.3, 0.4) is 0 Å². The van der Waals surface area contributed by atoms with Gasteiger partial charge >= 0.3 is 0 Å². The van der Waals surface area contributed by atoms with Crippen molar-refractivity contribution in [3.63, 3.8) is 0 Å². The van der Waals surface area contributed by atoms with Gasteiger partial charge in [-0.05, 0) is 46.7 Å². The summed E-state index contributed by atoms with van der Waals surface area (Å²) in [7, 11) is 0. The number of amides is 1. The van der Waals surface area contributed by atoms with Crippen molar-refractivity contribution in [1.82, 2.24) is 4.90 Å². The Balaban J connectivity index is 1.44. The summed E-state index contributed by atoms with van der Waals surface area (Å²) in [5.74, 6) is 0.923. The summed E-state index contributed by atoms with van der Waals surface area (Å²) >= 11 is 13.8. The van der Waals surface area contributed by atoms with Gasteiger partial charge in [-0.15, -0.1) is 11.3 Å². The fraction of sp³-hybridized carbons (Fsp3) is 0.286. The number of carbonyl (C=O) groups is 1. The largest absolute Gasteiger partial charge is 0.489 e. The Kier molecular flexibility index (Phi) is 6.07. The molecule has 2 heterocycles. The maximum Gasteiger partial charge on any atom is 0.227 e. The molecule has 2 aromatic carbocycles. The van der Waals surface area contributed by atoms with Crippen LogP contribution < -0.4 is 4.74 Å². The van der Waals surface area contributed by atoms with Gasteiger partial charge in [0.1, 0.15) is 12.4 Å². The van der Waals surface area contributed by atoms with E-state index in [1.807, 2.05) is 29.2 Å². The molecule has 0 bridgehead atoms. The van der Waals surface area contributed by atoms with Gasteiger partial charge in [-0.2, -0.15) is 0 Å². The van der Waals surface area contributed by atoms with Gasteiger partial charge in [-0.25, -0.2) is 0 Å². The zero-order chi connectivity index (χ0) is 19.5. The number of hydrogen-bond acceptors (Lipinski definition) is 4. The lowest BCUT2D eigenvalue weighted by Gasteiger charge is -2.26. The normalized spacial score (nSPS) is 14.4. The number of nitrogens with zero attached hydrogens (tertiary/aromatic N) is 1. The monoisotopic (exact) mass is 435 g/mol. The molecule has 0 radical (unpaired) electrons. The third kappa shape index (κ3) is 4.44. The van der Waals surface area contributed by atoms with Gasteiger partial charge in [0.25, 0.3) is 0 Å². The summed E-state index contributed by atoms with van der Waals surface area (Å²) in [6.45, 7) is 2.95. The van der Waals surface area contributed by atoms with Crippen molar-refractivity contribution in [1.29, 1.82) is 0 Å². The zero-order valence-electron chi connectivity index (χ0n) is 15.1. The summed E-state index contributed by atoms with van der Waals surface area (Å²) in [4.78, 5) is 14.4. The van der Waals surface area contributed by atoms with Crippen molar-refractivity contribution in [2.24, 2.45) is 0 Å². The summed E-state index contributed by atoms with van der Waals surface area (Å²) in [5.41, 5.74) is 1.94. The molecule has 0 N–H and O–H groups in total. The number of carbonyl (C=O) groups excluding carboxylic acids is 1. The molecule has 0 aliphatic carbocycles. The molecule has 1 amide bonds. The van der Waals surface area contributed by atoms with E-state index >= 15 is 0 Å². The second-order valence-electron chi connectivity index (χ2n) is 6.61. The number of halogens is 2. The van der Waals surface area contributed by atoms with E-state index in [1.54, 1.807) is 23.5 Å². The molecule has 1 aromatic heterocycles. The van der Waals surface area contributed by atoms with E-state index in [1.165, 1.54) is 0 Å². The molecule has 1 aliphatic heterocycles. The van der Waals surface area contributed by atoms with Crippen molar-refractivity contribution in [2.45, 2.75) is 13.0 Å². The van der Waals surface area contributed by atoms with E-state index in [2.05, 4.69) is 5.38 Å². The fourth-order valence-electron chi connectivity index (χ4n) is 3.18. The van der Waals surface area contributed by atoms with Crippen LogP contribution in [-0.2, 0) is 22.6 Å². The SMILES string of the molecule is O=C(Cc1csc2cc(OCc3ccc(Cl)cc3Cl)ccc12)N1CCOCC1. The first kappa shape index (κ1) is 19.5. The first-order valence-electron chi connectivity index (χ1n) is 9.02. The topological polar surface area (TPSA) is 38.8 Å². The van der Waals surface area contributed by atoms with E-state index in [0.29, 0.717) is 49.4 Å². The summed E-state index contributed by atoms with van der Waals surface area (Å²) in [6.07, 6.45) is 0.417. The van der Waals surface area contributed by atoms with Gasteiger partial charge in [0.2, 0.25) is 5.91 Å². The maximum atomic E-state index is 12.5. The van der Waals surface area contributed by atoms with E-state index in [9.17, 15) is 4.79 Å². The zero-order valence-corrected chi connectivity index (χ0v) is 17.4. The molecule has 1 aliphatic rings. The highest BCUT2D eigenvalue weighted by Crippen LogP contribution is 2.31. The lowest BCUT2D eigenvalue weighted by molar-refractivity contribution is -0.134. The van der Waals surface area contributed by atoms with Crippen LogP contribution in [-0.4, -0.2) is 37.1 Å². The van der Waals surface area contributed by atoms with Crippen LogP contribution in [0.15, 0.2) is 41.8 Å². The van der Waals surface area contributed by atoms with Gasteiger partial charge in [-0.3, -0.25) is 4.79 Å². The number of benzene rings is 2. The van der Waals surface area contributed by atoms with Crippen molar-refractivity contribution in [3.8, 4) is 5.75 Å². The first-order valence-corrected chi connectivity index (χ1v) is 10.7. The van der Waals surface area contributed by atoms with Crippen LogP contribution in [0, 0.1) is 0 Å². The Morgan fingerprint density at radius 2 is 1.93 bits per heavy atom. The Hall–Kier alpha value is -1.79. The Morgan fingerprint density at radius 3 is 2.71 bits per heavy atom. The van der Waals surface area contributed by atoms with E-state index < -0.39 is 0 Å². The van der Waals surface area contributed by atoms with Crippen LogP contribution in [0.4, 0.5) is 0 Å². The molecule has 0 unspecified atom stereocenters. The molecule has 4 nitrogen and oxygen atoms in total. The number of hydrogen-bond donors (Lipinski definition) is 0.